The summed E-state index contributed by atoms with van der Waals surface area (Å²) in [6.45, 7) is 4.04. The van der Waals surface area contributed by atoms with Gasteiger partial charge in [-0.3, -0.25) is 4.79 Å². The Kier molecular flexibility index (Phi) is 6.08. The third-order valence-electron chi connectivity index (χ3n) is 2.44. The van der Waals surface area contributed by atoms with Crippen LogP contribution in [-0.2, 0) is 4.79 Å². The lowest BCUT2D eigenvalue weighted by Gasteiger charge is -2.13. The van der Waals surface area contributed by atoms with Crippen LogP contribution in [0.2, 0.25) is 0 Å². The second-order valence-electron chi connectivity index (χ2n) is 3.89. The molecule has 94 valence electrons. The lowest BCUT2D eigenvalue weighted by atomic mass is 10.2. The fourth-order valence-corrected chi connectivity index (χ4v) is 2.21. The summed E-state index contributed by atoms with van der Waals surface area (Å²) in [5.74, 6) is 0.820. The molecule has 0 heterocycles. The lowest BCUT2D eigenvalue weighted by Crippen LogP contribution is -2.23. The normalized spacial score (nSPS) is 12.2. The van der Waals surface area contributed by atoms with Crippen molar-refractivity contribution in [1.82, 2.24) is 0 Å². The van der Waals surface area contributed by atoms with E-state index in [1.54, 1.807) is 11.8 Å². The molecule has 0 saturated heterocycles. The fourth-order valence-electron chi connectivity index (χ4n) is 1.35. The Morgan fingerprint density at radius 3 is 2.82 bits per heavy atom. The summed E-state index contributed by atoms with van der Waals surface area (Å²) in [6.07, 6.45) is 0.729. The minimum absolute atomic E-state index is 0.0160. The second-order valence-corrected chi connectivity index (χ2v) is 5.34. The van der Waals surface area contributed by atoms with E-state index in [9.17, 15) is 4.79 Å². The molecular formula is C13H19NO2S. The number of aliphatic hydroxyl groups excluding tert-OH is 1. The van der Waals surface area contributed by atoms with Crippen molar-refractivity contribution >= 4 is 23.4 Å². The Morgan fingerprint density at radius 1 is 1.47 bits per heavy atom. The van der Waals surface area contributed by atoms with Gasteiger partial charge in [0.25, 0.3) is 0 Å². The summed E-state index contributed by atoms with van der Waals surface area (Å²) < 4.78 is 0. The average molecular weight is 253 g/mol. The molecule has 1 atom stereocenters. The zero-order valence-electron chi connectivity index (χ0n) is 10.3. The maximum Gasteiger partial charge on any atom is 0.237 e. The van der Waals surface area contributed by atoms with Gasteiger partial charge in [0.15, 0.2) is 0 Å². The molecule has 1 rings (SSSR count). The van der Waals surface area contributed by atoms with Gasteiger partial charge >= 0.3 is 0 Å². The maximum absolute atomic E-state index is 11.9. The van der Waals surface area contributed by atoms with Crippen molar-refractivity contribution in [3.8, 4) is 0 Å². The number of hydrogen-bond donors (Lipinski definition) is 2. The van der Waals surface area contributed by atoms with Crippen LogP contribution in [0.1, 0.15) is 18.9 Å². The Bertz CT molecular complexity index is 368. The van der Waals surface area contributed by atoms with Crippen LogP contribution < -0.4 is 5.32 Å². The van der Waals surface area contributed by atoms with Crippen molar-refractivity contribution in [3.63, 3.8) is 0 Å². The van der Waals surface area contributed by atoms with Gasteiger partial charge in [-0.15, -0.1) is 11.8 Å². The largest absolute Gasteiger partial charge is 0.396 e. The summed E-state index contributed by atoms with van der Waals surface area (Å²) >= 11 is 1.56. The van der Waals surface area contributed by atoms with Crippen molar-refractivity contribution in [3.05, 3.63) is 29.8 Å². The van der Waals surface area contributed by atoms with Crippen molar-refractivity contribution < 1.29 is 9.90 Å². The Balaban J connectivity index is 2.46. The number of para-hydroxylation sites is 1. The van der Waals surface area contributed by atoms with E-state index < -0.39 is 0 Å². The number of thioether (sulfide) groups is 1. The van der Waals surface area contributed by atoms with Gasteiger partial charge in [0.05, 0.1) is 5.25 Å². The topological polar surface area (TPSA) is 49.3 Å². The number of hydrogen-bond acceptors (Lipinski definition) is 3. The molecule has 0 aliphatic rings. The third kappa shape index (κ3) is 4.79. The highest BCUT2D eigenvalue weighted by Gasteiger charge is 2.13. The molecule has 3 nitrogen and oxygen atoms in total. The molecule has 0 bridgehead atoms. The van der Waals surface area contributed by atoms with Crippen LogP contribution >= 0.6 is 11.8 Å². The standard InChI is InChI=1S/C13H19NO2S/c1-10-6-3-4-7-12(10)14-13(16)11(2)17-9-5-8-15/h3-4,6-7,11,15H,5,8-9H2,1-2H3,(H,14,16). The summed E-state index contributed by atoms with van der Waals surface area (Å²) in [5, 5.41) is 11.5. The van der Waals surface area contributed by atoms with Gasteiger partial charge in [-0.2, -0.15) is 0 Å². The number of amides is 1. The van der Waals surface area contributed by atoms with Crippen LogP contribution in [0.3, 0.4) is 0 Å². The van der Waals surface area contributed by atoms with E-state index >= 15 is 0 Å². The molecule has 1 aromatic carbocycles. The zero-order chi connectivity index (χ0) is 12.7. The first kappa shape index (κ1) is 14.1. The van der Waals surface area contributed by atoms with E-state index in [1.807, 2.05) is 38.1 Å². The van der Waals surface area contributed by atoms with Crippen LogP contribution in [0.15, 0.2) is 24.3 Å². The summed E-state index contributed by atoms with van der Waals surface area (Å²) in [5.41, 5.74) is 1.93. The molecule has 0 spiro atoms. The molecule has 0 saturated carbocycles. The number of rotatable bonds is 6. The smallest absolute Gasteiger partial charge is 0.237 e. The number of nitrogens with one attached hydrogen (secondary N) is 1. The molecule has 0 aliphatic carbocycles. The third-order valence-corrected chi connectivity index (χ3v) is 3.68. The summed E-state index contributed by atoms with van der Waals surface area (Å²) in [7, 11) is 0. The van der Waals surface area contributed by atoms with Gasteiger partial charge < -0.3 is 10.4 Å². The summed E-state index contributed by atoms with van der Waals surface area (Å²) in [4.78, 5) is 11.9. The first-order valence-corrected chi connectivity index (χ1v) is 6.79. The van der Waals surface area contributed by atoms with E-state index in [2.05, 4.69) is 5.32 Å². The molecule has 17 heavy (non-hydrogen) atoms. The minimum atomic E-state index is -0.0962. The van der Waals surface area contributed by atoms with Gasteiger partial charge in [-0.1, -0.05) is 18.2 Å². The monoisotopic (exact) mass is 253 g/mol. The van der Waals surface area contributed by atoms with Crippen LogP contribution in [0.25, 0.3) is 0 Å². The highest BCUT2D eigenvalue weighted by molar-refractivity contribution is 8.00. The highest BCUT2D eigenvalue weighted by atomic mass is 32.2. The van der Waals surface area contributed by atoms with Gasteiger partial charge in [0.1, 0.15) is 0 Å². The Hall–Kier alpha value is -1.000. The van der Waals surface area contributed by atoms with Gasteiger partial charge in [-0.25, -0.2) is 0 Å². The first-order chi connectivity index (χ1) is 8.15. The molecule has 0 aromatic heterocycles. The number of aliphatic hydroxyl groups is 1. The number of benzene rings is 1. The Morgan fingerprint density at radius 2 is 2.18 bits per heavy atom. The van der Waals surface area contributed by atoms with Crippen LogP contribution in [0, 0.1) is 6.92 Å². The average Bonchev–Trinajstić information content (AvgIpc) is 2.32. The van der Waals surface area contributed by atoms with Gasteiger partial charge in [-0.05, 0) is 37.7 Å². The molecule has 0 radical (unpaired) electrons. The quantitative estimate of drug-likeness (QED) is 0.766. The molecule has 1 aromatic rings. The van der Waals surface area contributed by atoms with Crippen LogP contribution in [0.4, 0.5) is 5.69 Å². The van der Waals surface area contributed by atoms with Crippen LogP contribution in [-0.4, -0.2) is 28.6 Å². The predicted molar refractivity (Wildman–Crippen MR) is 73.4 cm³/mol. The lowest BCUT2D eigenvalue weighted by molar-refractivity contribution is -0.115. The van der Waals surface area contributed by atoms with Crippen molar-refractivity contribution in [2.75, 3.05) is 17.7 Å². The minimum Gasteiger partial charge on any atom is -0.396 e. The predicted octanol–water partition coefficient (Wildman–Crippen LogP) is 2.44. The first-order valence-electron chi connectivity index (χ1n) is 5.74. The number of carbonyl (C=O) groups is 1. The van der Waals surface area contributed by atoms with Crippen molar-refractivity contribution in [2.45, 2.75) is 25.5 Å². The molecule has 0 fully saturated rings. The van der Waals surface area contributed by atoms with Crippen molar-refractivity contribution in [1.29, 1.82) is 0 Å². The number of aryl methyl sites for hydroxylation is 1. The van der Waals surface area contributed by atoms with E-state index in [1.165, 1.54) is 0 Å². The highest BCUT2D eigenvalue weighted by Crippen LogP contribution is 2.17. The molecule has 4 heteroatoms. The van der Waals surface area contributed by atoms with Gasteiger partial charge in [0, 0.05) is 12.3 Å². The molecule has 1 amide bonds. The summed E-state index contributed by atoms with van der Waals surface area (Å²) in [6, 6.07) is 7.73. The number of carbonyl (C=O) groups excluding carboxylic acids is 1. The fraction of sp³-hybridized carbons (Fsp3) is 0.462. The Labute approximate surface area is 107 Å². The SMILES string of the molecule is Cc1ccccc1NC(=O)C(C)SCCCO. The number of anilines is 1. The van der Waals surface area contributed by atoms with Gasteiger partial charge in [0.2, 0.25) is 5.91 Å². The van der Waals surface area contributed by atoms with E-state index in [-0.39, 0.29) is 17.8 Å². The molecular weight excluding hydrogens is 234 g/mol. The molecule has 0 aliphatic heterocycles. The molecule has 2 N–H and O–H groups in total. The maximum atomic E-state index is 11.9. The second kappa shape index (κ2) is 7.35. The van der Waals surface area contributed by atoms with Crippen LogP contribution in [0.5, 0.6) is 0 Å². The zero-order valence-corrected chi connectivity index (χ0v) is 11.1. The van der Waals surface area contributed by atoms with Crippen molar-refractivity contribution in [2.24, 2.45) is 0 Å². The molecule has 1 unspecified atom stereocenters. The van der Waals surface area contributed by atoms with E-state index in [4.69, 9.17) is 5.11 Å². The van der Waals surface area contributed by atoms with E-state index in [0.29, 0.717) is 0 Å². The van der Waals surface area contributed by atoms with E-state index in [0.717, 1.165) is 23.4 Å².